The Hall–Kier alpha value is -3.43. The van der Waals surface area contributed by atoms with Gasteiger partial charge in [-0.05, 0) is 49.8 Å². The zero-order chi connectivity index (χ0) is 29.1. The molecule has 0 aliphatic carbocycles. The fraction of sp³-hybridized carbons (Fsp3) is 0.633. The number of rotatable bonds is 15. The largest absolute Gasteiger partial charge is 0.508 e. The summed E-state index contributed by atoms with van der Waals surface area (Å²) in [6, 6.07) is 3.72. The summed E-state index contributed by atoms with van der Waals surface area (Å²) in [4.78, 5) is 66.9. The Morgan fingerprint density at radius 1 is 0.875 bits per heavy atom. The van der Waals surface area contributed by atoms with Crippen molar-refractivity contribution >= 4 is 29.5 Å². The number of aliphatic carboxylic acids is 1. The van der Waals surface area contributed by atoms with E-state index < -0.39 is 30.0 Å². The van der Waals surface area contributed by atoms with Crippen LogP contribution in [0.15, 0.2) is 24.3 Å². The van der Waals surface area contributed by atoms with Crippen LogP contribution >= 0.6 is 0 Å². The number of carboxylic acids is 1. The van der Waals surface area contributed by atoms with Gasteiger partial charge in [-0.1, -0.05) is 44.7 Å². The van der Waals surface area contributed by atoms with Crippen molar-refractivity contribution in [3.63, 3.8) is 0 Å². The Morgan fingerprint density at radius 3 is 2.20 bits per heavy atom. The molecule has 220 valence electrons. The summed E-state index contributed by atoms with van der Waals surface area (Å²) < 4.78 is 0. The van der Waals surface area contributed by atoms with E-state index in [-0.39, 0.29) is 42.6 Å². The number of hydrogen-bond donors (Lipinski definition) is 3. The van der Waals surface area contributed by atoms with Gasteiger partial charge >= 0.3 is 5.97 Å². The molecule has 1 aromatic carbocycles. The Kier molecular flexibility index (Phi) is 12.0. The second kappa shape index (κ2) is 15.4. The summed E-state index contributed by atoms with van der Waals surface area (Å²) in [6.07, 6.45) is 7.99. The van der Waals surface area contributed by atoms with Crippen molar-refractivity contribution in [3.8, 4) is 5.75 Å². The zero-order valence-corrected chi connectivity index (χ0v) is 23.5. The number of hydrogen-bond acceptors (Lipinski definition) is 6. The standard InChI is InChI=1S/C30H43N3O7/c1-2-3-4-5-6-11-28(37)32-18-8-10-25(32)29(38)33-19-7-9-24(33)26(35)16-17-27(36)31-23(30(39)40)20-21-12-14-22(34)15-13-21/h12-15,23-25,34H,2-11,16-20H2,1H3,(H,31,36)(H,39,40)/t23-,24-,25?/m0/s1. The molecule has 2 fully saturated rings. The van der Waals surface area contributed by atoms with Crippen LogP contribution in [-0.4, -0.2) is 80.7 Å². The molecule has 2 saturated heterocycles. The molecule has 3 N–H and O–H groups in total. The average molecular weight is 558 g/mol. The highest BCUT2D eigenvalue weighted by Gasteiger charge is 2.41. The Labute approximate surface area is 236 Å². The van der Waals surface area contributed by atoms with Crippen molar-refractivity contribution in [3.05, 3.63) is 29.8 Å². The second-order valence-corrected chi connectivity index (χ2v) is 10.9. The number of unbranched alkanes of at least 4 members (excludes halogenated alkanes) is 4. The molecule has 40 heavy (non-hydrogen) atoms. The molecule has 10 heteroatoms. The van der Waals surface area contributed by atoms with Crippen LogP contribution in [0.1, 0.15) is 89.5 Å². The van der Waals surface area contributed by atoms with Gasteiger partial charge in [0.2, 0.25) is 17.7 Å². The highest BCUT2D eigenvalue weighted by atomic mass is 16.4. The number of likely N-dealkylation sites (tertiary alicyclic amines) is 2. The molecule has 10 nitrogen and oxygen atoms in total. The lowest BCUT2D eigenvalue weighted by atomic mass is 10.0. The lowest BCUT2D eigenvalue weighted by Crippen LogP contribution is -2.51. The molecular weight excluding hydrogens is 514 g/mol. The van der Waals surface area contributed by atoms with E-state index in [2.05, 4.69) is 12.2 Å². The van der Waals surface area contributed by atoms with Crippen molar-refractivity contribution in [2.45, 2.75) is 109 Å². The van der Waals surface area contributed by atoms with E-state index in [9.17, 15) is 34.2 Å². The lowest BCUT2D eigenvalue weighted by Gasteiger charge is -2.31. The van der Waals surface area contributed by atoms with Crippen molar-refractivity contribution in [1.29, 1.82) is 0 Å². The number of aromatic hydroxyl groups is 1. The summed E-state index contributed by atoms with van der Waals surface area (Å²) >= 11 is 0. The first kappa shape index (κ1) is 31.1. The number of Topliss-reactive ketones (excluding diaryl/α,β-unsaturated/α-hetero) is 1. The lowest BCUT2D eigenvalue weighted by molar-refractivity contribution is -0.146. The quantitative estimate of drug-likeness (QED) is 0.281. The summed E-state index contributed by atoms with van der Waals surface area (Å²) in [5, 5.41) is 21.4. The van der Waals surface area contributed by atoms with Gasteiger partial charge in [-0.3, -0.25) is 19.2 Å². The van der Waals surface area contributed by atoms with Crippen LogP contribution < -0.4 is 5.32 Å². The summed E-state index contributed by atoms with van der Waals surface area (Å²) in [5.41, 5.74) is 0.637. The van der Waals surface area contributed by atoms with Crippen LogP contribution in [0.25, 0.3) is 0 Å². The maximum atomic E-state index is 13.5. The first-order chi connectivity index (χ1) is 19.2. The fourth-order valence-corrected chi connectivity index (χ4v) is 5.64. The highest BCUT2D eigenvalue weighted by Crippen LogP contribution is 2.27. The number of carbonyl (C=O) groups excluding carboxylic acids is 4. The number of ketones is 1. The van der Waals surface area contributed by atoms with Crippen molar-refractivity contribution in [1.82, 2.24) is 15.1 Å². The minimum Gasteiger partial charge on any atom is -0.508 e. The van der Waals surface area contributed by atoms with Crippen molar-refractivity contribution in [2.24, 2.45) is 0 Å². The predicted octanol–water partition coefficient (Wildman–Crippen LogP) is 3.20. The first-order valence-corrected chi connectivity index (χ1v) is 14.6. The van der Waals surface area contributed by atoms with Crippen LogP contribution in [0, 0.1) is 0 Å². The van der Waals surface area contributed by atoms with Gasteiger partial charge in [0.1, 0.15) is 17.8 Å². The number of nitrogens with zero attached hydrogens (tertiary/aromatic N) is 2. The number of benzene rings is 1. The van der Waals surface area contributed by atoms with Crippen LogP contribution in [0.4, 0.5) is 0 Å². The second-order valence-electron chi connectivity index (χ2n) is 10.9. The third kappa shape index (κ3) is 8.79. The Balaban J connectivity index is 1.50. The van der Waals surface area contributed by atoms with Gasteiger partial charge in [0.05, 0.1) is 6.04 Å². The van der Waals surface area contributed by atoms with Crippen LogP contribution in [0.3, 0.4) is 0 Å². The molecule has 2 aliphatic heterocycles. The monoisotopic (exact) mass is 557 g/mol. The van der Waals surface area contributed by atoms with E-state index in [1.807, 2.05) is 0 Å². The number of carboxylic acid groups (broad SMARTS) is 1. The molecule has 0 saturated carbocycles. The predicted molar refractivity (Wildman–Crippen MR) is 148 cm³/mol. The van der Waals surface area contributed by atoms with Crippen LogP contribution in [0.5, 0.6) is 5.75 Å². The van der Waals surface area contributed by atoms with Gasteiger partial charge in [-0.15, -0.1) is 0 Å². The van der Waals surface area contributed by atoms with Gasteiger partial charge < -0.3 is 25.3 Å². The highest BCUT2D eigenvalue weighted by molar-refractivity contribution is 5.95. The molecule has 0 aromatic heterocycles. The Bertz CT molecular complexity index is 1040. The normalized spacial score (nSPS) is 19.4. The van der Waals surface area contributed by atoms with E-state index in [1.54, 1.807) is 21.9 Å². The van der Waals surface area contributed by atoms with Crippen LogP contribution in [0.2, 0.25) is 0 Å². The van der Waals surface area contributed by atoms with Gasteiger partial charge in [0.25, 0.3) is 0 Å². The minimum atomic E-state index is -1.20. The van der Waals surface area contributed by atoms with Crippen molar-refractivity contribution in [2.75, 3.05) is 13.1 Å². The molecule has 3 atom stereocenters. The molecule has 0 spiro atoms. The fourth-order valence-electron chi connectivity index (χ4n) is 5.64. The van der Waals surface area contributed by atoms with Crippen molar-refractivity contribution < 1.29 is 34.2 Å². The topological polar surface area (TPSA) is 144 Å². The average Bonchev–Trinajstić information content (AvgIpc) is 3.62. The third-order valence-electron chi connectivity index (χ3n) is 7.87. The number of amides is 3. The molecule has 1 aromatic rings. The van der Waals surface area contributed by atoms with E-state index in [4.69, 9.17) is 0 Å². The van der Waals surface area contributed by atoms with E-state index in [0.29, 0.717) is 44.3 Å². The number of phenols is 1. The molecule has 3 rings (SSSR count). The summed E-state index contributed by atoms with van der Waals surface area (Å²) in [7, 11) is 0. The molecule has 0 bridgehead atoms. The van der Waals surface area contributed by atoms with Gasteiger partial charge in [0.15, 0.2) is 5.78 Å². The van der Waals surface area contributed by atoms with Gasteiger partial charge in [-0.2, -0.15) is 0 Å². The molecule has 2 aliphatic rings. The van der Waals surface area contributed by atoms with E-state index in [0.717, 1.165) is 38.5 Å². The smallest absolute Gasteiger partial charge is 0.326 e. The van der Waals surface area contributed by atoms with Gasteiger partial charge in [0, 0.05) is 38.8 Å². The number of carbonyl (C=O) groups is 5. The van der Waals surface area contributed by atoms with E-state index >= 15 is 0 Å². The summed E-state index contributed by atoms with van der Waals surface area (Å²) in [5.74, 6) is -2.09. The maximum absolute atomic E-state index is 13.5. The first-order valence-electron chi connectivity index (χ1n) is 14.6. The van der Waals surface area contributed by atoms with E-state index in [1.165, 1.54) is 12.1 Å². The third-order valence-corrected chi connectivity index (χ3v) is 7.87. The number of phenolic OH excluding ortho intramolecular Hbond substituents is 1. The molecule has 2 heterocycles. The molecule has 1 unspecified atom stereocenters. The Morgan fingerprint density at radius 2 is 1.52 bits per heavy atom. The molecule has 3 amide bonds. The SMILES string of the molecule is CCCCCCCC(=O)N1CCCC1C(=O)N1CCC[C@H]1C(=O)CCC(=O)N[C@@H](Cc1ccc(O)cc1)C(=O)O. The zero-order valence-electron chi connectivity index (χ0n) is 23.5. The number of nitrogens with one attached hydrogen (secondary N) is 1. The molecular formula is C30H43N3O7. The minimum absolute atomic E-state index is 0.00591. The summed E-state index contributed by atoms with van der Waals surface area (Å²) in [6.45, 7) is 3.16. The van der Waals surface area contributed by atoms with Gasteiger partial charge in [-0.25, -0.2) is 4.79 Å². The van der Waals surface area contributed by atoms with Crippen LogP contribution in [-0.2, 0) is 30.4 Å². The maximum Gasteiger partial charge on any atom is 0.326 e. The molecule has 0 radical (unpaired) electrons.